The van der Waals surface area contributed by atoms with Gasteiger partial charge in [-0.1, -0.05) is 12.2 Å². The molecule has 0 aromatic rings. The van der Waals surface area contributed by atoms with Crippen LogP contribution < -0.4 is 0 Å². The summed E-state index contributed by atoms with van der Waals surface area (Å²) in [5.41, 5.74) is -0.242. The summed E-state index contributed by atoms with van der Waals surface area (Å²) in [7, 11) is -9.86. The van der Waals surface area contributed by atoms with Gasteiger partial charge >= 0.3 is 15.2 Å². The molecule has 0 rings (SSSR count). The summed E-state index contributed by atoms with van der Waals surface area (Å²) < 4.78 is 21.8. The minimum absolute atomic E-state index is 0.242. The zero-order chi connectivity index (χ0) is 11.1. The van der Waals surface area contributed by atoms with E-state index in [0.717, 1.165) is 13.8 Å². The van der Waals surface area contributed by atoms with Crippen LogP contribution in [0.1, 0.15) is 13.8 Å². The SMILES string of the molecule is C=C(C)C(C)(P(=O)(O)O)P(=O)(O)O. The lowest BCUT2D eigenvalue weighted by Crippen LogP contribution is -2.25. The molecule has 0 saturated heterocycles. The zero-order valence-electron chi connectivity index (χ0n) is 7.21. The molecule has 13 heavy (non-hydrogen) atoms. The first kappa shape index (κ1) is 13.0. The average molecular weight is 230 g/mol. The van der Waals surface area contributed by atoms with Crippen molar-refractivity contribution in [3.63, 3.8) is 0 Å². The fraction of sp³-hybridized carbons (Fsp3) is 0.600. The van der Waals surface area contributed by atoms with E-state index in [1.165, 1.54) is 0 Å². The summed E-state index contributed by atoms with van der Waals surface area (Å²) in [4.78, 5) is 32.7. The predicted molar refractivity (Wildman–Crippen MR) is 47.3 cm³/mol. The quantitative estimate of drug-likeness (QED) is 0.417. The second-order valence-corrected chi connectivity index (χ2v) is 7.21. The third-order valence-electron chi connectivity index (χ3n) is 1.94. The second kappa shape index (κ2) is 3.31. The first-order chi connectivity index (χ1) is 5.44. The van der Waals surface area contributed by atoms with Gasteiger partial charge in [0.1, 0.15) is 0 Å². The lowest BCUT2D eigenvalue weighted by molar-refractivity contribution is 0.323. The van der Waals surface area contributed by atoms with Gasteiger partial charge < -0.3 is 19.6 Å². The molecule has 0 aromatic heterocycles. The van der Waals surface area contributed by atoms with Gasteiger partial charge in [0, 0.05) is 0 Å². The van der Waals surface area contributed by atoms with E-state index in [9.17, 15) is 9.13 Å². The van der Waals surface area contributed by atoms with Crippen LogP contribution in [0.3, 0.4) is 0 Å². The fourth-order valence-electron chi connectivity index (χ4n) is 0.667. The summed E-state index contributed by atoms with van der Waals surface area (Å²) in [6, 6.07) is 0. The van der Waals surface area contributed by atoms with Gasteiger partial charge in [0.25, 0.3) is 0 Å². The Balaban J connectivity index is 5.64. The molecule has 0 aliphatic carbocycles. The van der Waals surface area contributed by atoms with Crippen molar-refractivity contribution in [2.45, 2.75) is 18.7 Å². The highest BCUT2D eigenvalue weighted by Gasteiger charge is 2.56. The van der Waals surface area contributed by atoms with Gasteiger partial charge in [-0.2, -0.15) is 0 Å². The van der Waals surface area contributed by atoms with Crippen LogP contribution in [0.15, 0.2) is 12.2 Å². The number of hydrogen-bond acceptors (Lipinski definition) is 2. The van der Waals surface area contributed by atoms with Crippen LogP contribution in [0.2, 0.25) is 0 Å². The molecule has 0 amide bonds. The maximum absolute atomic E-state index is 10.9. The van der Waals surface area contributed by atoms with Crippen LogP contribution in [-0.2, 0) is 9.13 Å². The Morgan fingerprint density at radius 3 is 1.38 bits per heavy atom. The molecule has 0 unspecified atom stereocenters. The Bertz CT molecular complexity index is 287. The minimum atomic E-state index is -4.93. The van der Waals surface area contributed by atoms with E-state index in [0.29, 0.717) is 0 Å². The van der Waals surface area contributed by atoms with Crippen LogP contribution in [0.4, 0.5) is 0 Å². The van der Waals surface area contributed by atoms with E-state index in [4.69, 9.17) is 19.6 Å². The van der Waals surface area contributed by atoms with Crippen molar-refractivity contribution in [2.24, 2.45) is 0 Å². The third kappa shape index (κ3) is 2.10. The molecule has 0 spiro atoms. The molecule has 6 nitrogen and oxygen atoms in total. The van der Waals surface area contributed by atoms with Gasteiger partial charge in [0.15, 0.2) is 4.90 Å². The van der Waals surface area contributed by atoms with Crippen molar-refractivity contribution in [3.8, 4) is 0 Å². The number of allylic oxidation sites excluding steroid dienone is 1. The molecule has 0 bridgehead atoms. The van der Waals surface area contributed by atoms with E-state index in [1.54, 1.807) is 0 Å². The van der Waals surface area contributed by atoms with E-state index in [-0.39, 0.29) is 5.57 Å². The standard InChI is InChI=1S/C5H12O6P2/c1-4(2)5(3,12(6,7)8)13(9,10)11/h1H2,2-3H3,(H2,6,7,8)(H2,9,10,11). The van der Waals surface area contributed by atoms with Crippen LogP contribution in [0.25, 0.3) is 0 Å². The second-order valence-electron chi connectivity index (χ2n) is 2.89. The minimum Gasteiger partial charge on any atom is -0.323 e. The lowest BCUT2D eigenvalue weighted by Gasteiger charge is -2.30. The Kier molecular flexibility index (Phi) is 3.33. The van der Waals surface area contributed by atoms with E-state index < -0.39 is 20.1 Å². The third-order valence-corrected chi connectivity index (χ3v) is 6.54. The molecule has 0 saturated carbocycles. The summed E-state index contributed by atoms with van der Waals surface area (Å²) in [6.45, 7) is 5.14. The Hall–Kier alpha value is 0.0400. The molecule has 4 N–H and O–H groups in total. The van der Waals surface area contributed by atoms with Gasteiger partial charge in [-0.15, -0.1) is 0 Å². The predicted octanol–water partition coefficient (Wildman–Crippen LogP) is 0.634. The van der Waals surface area contributed by atoms with E-state index >= 15 is 0 Å². The molecule has 78 valence electrons. The summed E-state index contributed by atoms with van der Waals surface area (Å²) in [6.07, 6.45) is 0. The topological polar surface area (TPSA) is 115 Å². The normalized spacial score (nSPS) is 14.3. The molecular formula is C5H12O6P2. The van der Waals surface area contributed by atoms with E-state index in [1.807, 2.05) is 0 Å². The molecule has 0 radical (unpaired) electrons. The maximum Gasteiger partial charge on any atom is 0.347 e. The maximum atomic E-state index is 10.9. The van der Waals surface area contributed by atoms with Crippen molar-refractivity contribution >= 4 is 15.2 Å². The van der Waals surface area contributed by atoms with Gasteiger partial charge in [-0.05, 0) is 13.8 Å². The van der Waals surface area contributed by atoms with Gasteiger partial charge in [-0.25, -0.2) is 0 Å². The summed E-state index contributed by atoms with van der Waals surface area (Å²) >= 11 is 0. The van der Waals surface area contributed by atoms with Crippen molar-refractivity contribution < 1.29 is 28.7 Å². The fourth-order valence-corrected chi connectivity index (χ4v) is 3.02. The monoisotopic (exact) mass is 230 g/mol. The molecular weight excluding hydrogens is 218 g/mol. The molecule has 0 aliphatic rings. The summed E-state index contributed by atoms with van der Waals surface area (Å²) in [5, 5.41) is 0. The van der Waals surface area contributed by atoms with Crippen molar-refractivity contribution in [1.82, 2.24) is 0 Å². The van der Waals surface area contributed by atoms with Crippen LogP contribution in [0.5, 0.6) is 0 Å². The lowest BCUT2D eigenvalue weighted by atomic mass is 10.2. The van der Waals surface area contributed by atoms with Crippen molar-refractivity contribution in [2.75, 3.05) is 0 Å². The van der Waals surface area contributed by atoms with Crippen LogP contribution >= 0.6 is 15.2 Å². The molecule has 8 heteroatoms. The van der Waals surface area contributed by atoms with Gasteiger partial charge in [-0.3, -0.25) is 9.13 Å². The average Bonchev–Trinajstić information content (AvgIpc) is 1.80. The largest absolute Gasteiger partial charge is 0.347 e. The Morgan fingerprint density at radius 1 is 1.15 bits per heavy atom. The molecule has 0 fully saturated rings. The highest BCUT2D eigenvalue weighted by atomic mass is 31.2. The van der Waals surface area contributed by atoms with Gasteiger partial charge in [0.2, 0.25) is 0 Å². The van der Waals surface area contributed by atoms with Crippen molar-refractivity contribution in [3.05, 3.63) is 12.2 Å². The molecule has 0 heterocycles. The van der Waals surface area contributed by atoms with Gasteiger partial charge in [0.05, 0.1) is 0 Å². The first-order valence-electron chi connectivity index (χ1n) is 3.22. The molecule has 0 aromatic carbocycles. The number of rotatable bonds is 3. The highest BCUT2D eigenvalue weighted by Crippen LogP contribution is 2.71. The molecule has 0 atom stereocenters. The van der Waals surface area contributed by atoms with Crippen molar-refractivity contribution in [1.29, 1.82) is 0 Å². The Morgan fingerprint density at radius 2 is 1.38 bits per heavy atom. The molecule has 0 aliphatic heterocycles. The number of hydrogen-bond donors (Lipinski definition) is 4. The van der Waals surface area contributed by atoms with Crippen LogP contribution in [-0.4, -0.2) is 24.5 Å². The smallest absolute Gasteiger partial charge is 0.323 e. The zero-order valence-corrected chi connectivity index (χ0v) is 9.00. The summed E-state index contributed by atoms with van der Waals surface area (Å²) in [5.74, 6) is 0. The first-order valence-corrected chi connectivity index (χ1v) is 6.44. The Labute approximate surface area is 75.6 Å². The van der Waals surface area contributed by atoms with E-state index in [2.05, 4.69) is 6.58 Å². The highest BCUT2D eigenvalue weighted by molar-refractivity contribution is 7.72. The van der Waals surface area contributed by atoms with Crippen LogP contribution in [0, 0.1) is 0 Å².